The van der Waals surface area contributed by atoms with Crippen molar-refractivity contribution in [3.63, 3.8) is 0 Å². The third-order valence-corrected chi connectivity index (χ3v) is 3.64. The van der Waals surface area contributed by atoms with Gasteiger partial charge >= 0.3 is 0 Å². The highest BCUT2D eigenvalue weighted by atomic mass is 35.5. The SMILES string of the molecule is Nc1cc(Cl)nc(NCC2(O)CCCCCC2)c1. The zero-order chi connectivity index (χ0) is 13.0. The summed E-state index contributed by atoms with van der Waals surface area (Å²) < 4.78 is 0. The molecule has 4 N–H and O–H groups in total. The van der Waals surface area contributed by atoms with E-state index >= 15 is 0 Å². The van der Waals surface area contributed by atoms with E-state index in [1.807, 2.05) is 0 Å². The summed E-state index contributed by atoms with van der Waals surface area (Å²) >= 11 is 5.84. The molecule has 1 aromatic rings. The number of nitrogens with two attached hydrogens (primary N) is 1. The topological polar surface area (TPSA) is 71.2 Å². The summed E-state index contributed by atoms with van der Waals surface area (Å²) in [6, 6.07) is 3.33. The van der Waals surface area contributed by atoms with E-state index in [2.05, 4.69) is 10.3 Å². The van der Waals surface area contributed by atoms with Crippen LogP contribution in [0.25, 0.3) is 0 Å². The molecule has 0 unspecified atom stereocenters. The second-order valence-electron chi connectivity index (χ2n) is 5.10. The van der Waals surface area contributed by atoms with Crippen molar-refractivity contribution >= 4 is 23.1 Å². The number of aliphatic hydroxyl groups is 1. The van der Waals surface area contributed by atoms with Gasteiger partial charge in [0.25, 0.3) is 0 Å². The summed E-state index contributed by atoms with van der Waals surface area (Å²) in [4.78, 5) is 4.14. The number of hydrogen-bond donors (Lipinski definition) is 3. The van der Waals surface area contributed by atoms with Crippen molar-refractivity contribution in [1.29, 1.82) is 0 Å². The maximum Gasteiger partial charge on any atom is 0.133 e. The average molecular weight is 270 g/mol. The van der Waals surface area contributed by atoms with Gasteiger partial charge in [-0.05, 0) is 18.9 Å². The van der Waals surface area contributed by atoms with Crippen molar-refractivity contribution in [3.05, 3.63) is 17.3 Å². The number of nitrogen functional groups attached to an aromatic ring is 1. The Labute approximate surface area is 113 Å². The van der Waals surface area contributed by atoms with Gasteiger partial charge in [-0.15, -0.1) is 0 Å². The van der Waals surface area contributed by atoms with E-state index in [9.17, 15) is 5.11 Å². The van der Waals surface area contributed by atoms with E-state index in [4.69, 9.17) is 17.3 Å². The number of halogens is 1. The Morgan fingerprint density at radius 3 is 2.56 bits per heavy atom. The quantitative estimate of drug-likeness (QED) is 0.583. The van der Waals surface area contributed by atoms with Crippen LogP contribution >= 0.6 is 11.6 Å². The normalized spacial score (nSPS) is 19.2. The molecule has 1 aromatic heterocycles. The van der Waals surface area contributed by atoms with Gasteiger partial charge < -0.3 is 16.2 Å². The molecule has 5 heteroatoms. The second kappa shape index (κ2) is 5.76. The lowest BCUT2D eigenvalue weighted by Gasteiger charge is -2.27. The first-order valence-electron chi connectivity index (χ1n) is 6.47. The van der Waals surface area contributed by atoms with E-state index in [0.29, 0.717) is 23.2 Å². The Morgan fingerprint density at radius 2 is 1.94 bits per heavy atom. The standard InChI is InChI=1S/C13H20ClN3O/c14-11-7-10(15)8-12(17-11)16-9-13(18)5-3-1-2-4-6-13/h7-8,18H,1-6,9H2,(H3,15,16,17). The molecular formula is C13H20ClN3O. The van der Waals surface area contributed by atoms with Crippen molar-refractivity contribution in [2.24, 2.45) is 0 Å². The van der Waals surface area contributed by atoms with E-state index in [0.717, 1.165) is 25.7 Å². The fourth-order valence-corrected chi connectivity index (χ4v) is 2.64. The van der Waals surface area contributed by atoms with Crippen molar-refractivity contribution in [2.45, 2.75) is 44.1 Å². The first-order chi connectivity index (χ1) is 8.57. The fourth-order valence-electron chi connectivity index (χ4n) is 2.43. The third kappa shape index (κ3) is 3.75. The lowest BCUT2D eigenvalue weighted by Crippen LogP contribution is -2.36. The first kappa shape index (κ1) is 13.4. The van der Waals surface area contributed by atoms with E-state index in [1.165, 1.54) is 12.8 Å². The molecule has 0 aromatic carbocycles. The van der Waals surface area contributed by atoms with Crippen molar-refractivity contribution in [3.8, 4) is 0 Å². The lowest BCUT2D eigenvalue weighted by molar-refractivity contribution is 0.0380. The van der Waals surface area contributed by atoms with Crippen molar-refractivity contribution in [1.82, 2.24) is 4.98 Å². The van der Waals surface area contributed by atoms with Gasteiger partial charge in [0.05, 0.1) is 5.60 Å². The van der Waals surface area contributed by atoms with Gasteiger partial charge in [0.1, 0.15) is 11.0 Å². The highest BCUT2D eigenvalue weighted by molar-refractivity contribution is 6.29. The molecular weight excluding hydrogens is 250 g/mol. The van der Waals surface area contributed by atoms with Gasteiger partial charge in [-0.2, -0.15) is 0 Å². The summed E-state index contributed by atoms with van der Waals surface area (Å²) in [6.45, 7) is 0.500. The average Bonchev–Trinajstić information content (AvgIpc) is 2.51. The largest absolute Gasteiger partial charge is 0.399 e. The summed E-state index contributed by atoms with van der Waals surface area (Å²) in [5, 5.41) is 14.0. The van der Waals surface area contributed by atoms with Gasteiger partial charge in [0.2, 0.25) is 0 Å². The second-order valence-corrected chi connectivity index (χ2v) is 5.49. The zero-order valence-corrected chi connectivity index (χ0v) is 11.2. The van der Waals surface area contributed by atoms with Crippen LogP contribution in [0.4, 0.5) is 11.5 Å². The van der Waals surface area contributed by atoms with Crippen LogP contribution in [0.5, 0.6) is 0 Å². The molecule has 4 nitrogen and oxygen atoms in total. The summed E-state index contributed by atoms with van der Waals surface area (Å²) in [5.74, 6) is 0.623. The molecule has 0 aliphatic heterocycles. The molecule has 1 aliphatic carbocycles. The number of hydrogen-bond acceptors (Lipinski definition) is 4. The molecule has 0 bridgehead atoms. The molecule has 0 saturated heterocycles. The lowest BCUT2D eigenvalue weighted by atomic mass is 9.94. The Bertz CT molecular complexity index is 383. The maximum atomic E-state index is 10.5. The highest BCUT2D eigenvalue weighted by Gasteiger charge is 2.27. The van der Waals surface area contributed by atoms with Crippen LogP contribution in [0.2, 0.25) is 5.15 Å². The number of pyridine rings is 1. The molecule has 1 aliphatic rings. The monoisotopic (exact) mass is 269 g/mol. The van der Waals surface area contributed by atoms with Crippen molar-refractivity contribution < 1.29 is 5.11 Å². The first-order valence-corrected chi connectivity index (χ1v) is 6.85. The van der Waals surface area contributed by atoms with Gasteiger partial charge in [-0.3, -0.25) is 0 Å². The number of nitrogens with zero attached hydrogens (tertiary/aromatic N) is 1. The van der Waals surface area contributed by atoms with Crippen LogP contribution in [0.1, 0.15) is 38.5 Å². The zero-order valence-electron chi connectivity index (χ0n) is 10.5. The van der Waals surface area contributed by atoms with E-state index in [-0.39, 0.29) is 0 Å². The molecule has 0 radical (unpaired) electrons. The van der Waals surface area contributed by atoms with Crippen molar-refractivity contribution in [2.75, 3.05) is 17.6 Å². The smallest absolute Gasteiger partial charge is 0.133 e. The summed E-state index contributed by atoms with van der Waals surface area (Å²) in [5.41, 5.74) is 5.64. The van der Waals surface area contributed by atoms with Gasteiger partial charge in [0, 0.05) is 18.3 Å². The molecule has 100 valence electrons. The number of nitrogens with one attached hydrogen (secondary N) is 1. The number of aromatic nitrogens is 1. The molecule has 1 heterocycles. The van der Waals surface area contributed by atoms with Crippen LogP contribution in [0.3, 0.4) is 0 Å². The van der Waals surface area contributed by atoms with E-state index in [1.54, 1.807) is 12.1 Å². The van der Waals surface area contributed by atoms with Crippen LogP contribution in [0, 0.1) is 0 Å². The van der Waals surface area contributed by atoms with E-state index < -0.39 is 5.60 Å². The number of anilines is 2. The van der Waals surface area contributed by atoms with Crippen LogP contribution in [0.15, 0.2) is 12.1 Å². The van der Waals surface area contributed by atoms with Gasteiger partial charge in [0.15, 0.2) is 0 Å². The molecule has 1 fully saturated rings. The number of rotatable bonds is 3. The minimum absolute atomic E-state index is 0.366. The minimum Gasteiger partial charge on any atom is -0.399 e. The summed E-state index contributed by atoms with van der Waals surface area (Å²) in [6.07, 6.45) is 6.29. The predicted molar refractivity (Wildman–Crippen MR) is 74.8 cm³/mol. The fraction of sp³-hybridized carbons (Fsp3) is 0.615. The van der Waals surface area contributed by atoms with Gasteiger partial charge in [-0.1, -0.05) is 37.3 Å². The third-order valence-electron chi connectivity index (χ3n) is 3.45. The van der Waals surface area contributed by atoms with Crippen LogP contribution in [-0.2, 0) is 0 Å². The Hall–Kier alpha value is -1.00. The van der Waals surface area contributed by atoms with Crippen LogP contribution in [-0.4, -0.2) is 22.2 Å². The highest BCUT2D eigenvalue weighted by Crippen LogP contribution is 2.27. The predicted octanol–water partition coefficient (Wildman–Crippen LogP) is 2.81. The maximum absolute atomic E-state index is 10.5. The molecule has 0 amide bonds. The van der Waals surface area contributed by atoms with Gasteiger partial charge in [-0.25, -0.2) is 4.98 Å². The molecule has 0 spiro atoms. The Balaban J connectivity index is 1.97. The minimum atomic E-state index is -0.630. The molecule has 1 saturated carbocycles. The summed E-state index contributed by atoms with van der Waals surface area (Å²) in [7, 11) is 0. The molecule has 0 atom stereocenters. The molecule has 2 rings (SSSR count). The Kier molecular flexibility index (Phi) is 4.30. The van der Waals surface area contributed by atoms with Crippen LogP contribution < -0.4 is 11.1 Å². The Morgan fingerprint density at radius 1 is 1.28 bits per heavy atom. The molecule has 18 heavy (non-hydrogen) atoms.